The molecule has 0 saturated heterocycles. The SMILES string of the molecule is O=S(=O)(F)c1ccccc1N=Nc1ccccc1. The molecule has 0 heterocycles. The number of nitrogens with zero attached hydrogens (tertiary/aromatic N) is 2. The van der Waals surface area contributed by atoms with Crippen molar-refractivity contribution in [3.63, 3.8) is 0 Å². The number of hydrogen-bond donors (Lipinski definition) is 0. The number of benzene rings is 2. The second-order valence-corrected chi connectivity index (χ2v) is 4.76. The van der Waals surface area contributed by atoms with Crippen LogP contribution in [-0.4, -0.2) is 8.42 Å². The maximum atomic E-state index is 13.0. The van der Waals surface area contributed by atoms with Crippen molar-refractivity contribution in [2.45, 2.75) is 4.90 Å². The molecule has 0 saturated carbocycles. The predicted octanol–water partition coefficient (Wildman–Crippen LogP) is 3.76. The van der Waals surface area contributed by atoms with E-state index in [4.69, 9.17) is 0 Å². The summed E-state index contributed by atoms with van der Waals surface area (Å²) in [5, 5.41) is 7.59. The maximum Gasteiger partial charge on any atom is 0.334 e. The van der Waals surface area contributed by atoms with Crippen LogP contribution in [0.25, 0.3) is 0 Å². The van der Waals surface area contributed by atoms with Crippen molar-refractivity contribution in [1.29, 1.82) is 0 Å². The minimum atomic E-state index is -4.79. The maximum absolute atomic E-state index is 13.0. The van der Waals surface area contributed by atoms with Crippen LogP contribution in [0.15, 0.2) is 69.7 Å². The first-order valence-electron chi connectivity index (χ1n) is 5.08. The molecule has 2 aromatic rings. The molecule has 0 radical (unpaired) electrons. The molecule has 0 bridgehead atoms. The lowest BCUT2D eigenvalue weighted by Gasteiger charge is -1.98. The summed E-state index contributed by atoms with van der Waals surface area (Å²) in [6.07, 6.45) is 0. The molecular formula is C12H9FN2O2S. The van der Waals surface area contributed by atoms with Crippen LogP contribution in [0.4, 0.5) is 15.3 Å². The second-order valence-electron chi connectivity index (χ2n) is 3.44. The molecule has 0 aliphatic carbocycles. The number of rotatable bonds is 3. The zero-order chi connectivity index (χ0) is 13.0. The minimum Gasteiger partial charge on any atom is -0.189 e. The third-order valence-electron chi connectivity index (χ3n) is 2.16. The second kappa shape index (κ2) is 5.05. The van der Waals surface area contributed by atoms with Crippen LogP contribution >= 0.6 is 0 Å². The van der Waals surface area contributed by atoms with Crippen LogP contribution < -0.4 is 0 Å². The van der Waals surface area contributed by atoms with E-state index in [2.05, 4.69) is 10.2 Å². The lowest BCUT2D eigenvalue weighted by atomic mass is 10.3. The minimum absolute atomic E-state index is 0.0242. The third-order valence-corrected chi connectivity index (χ3v) is 3.03. The van der Waals surface area contributed by atoms with Gasteiger partial charge in [-0.2, -0.15) is 13.5 Å². The molecule has 0 fully saturated rings. The highest BCUT2D eigenvalue weighted by molar-refractivity contribution is 7.86. The average Bonchev–Trinajstić information content (AvgIpc) is 2.37. The van der Waals surface area contributed by atoms with Gasteiger partial charge in [0.2, 0.25) is 0 Å². The van der Waals surface area contributed by atoms with E-state index in [1.807, 2.05) is 6.07 Å². The quantitative estimate of drug-likeness (QED) is 0.626. The van der Waals surface area contributed by atoms with Crippen LogP contribution in [0.5, 0.6) is 0 Å². The van der Waals surface area contributed by atoms with Crippen molar-refractivity contribution in [3.05, 3.63) is 54.6 Å². The molecule has 0 atom stereocenters. The first-order valence-corrected chi connectivity index (χ1v) is 6.46. The first kappa shape index (κ1) is 12.4. The highest BCUT2D eigenvalue weighted by Crippen LogP contribution is 2.27. The van der Waals surface area contributed by atoms with E-state index in [0.717, 1.165) is 6.07 Å². The summed E-state index contributed by atoms with van der Waals surface area (Å²) in [7, 11) is -4.79. The van der Waals surface area contributed by atoms with E-state index in [-0.39, 0.29) is 5.69 Å². The third kappa shape index (κ3) is 2.98. The van der Waals surface area contributed by atoms with Gasteiger partial charge in [-0.25, -0.2) is 0 Å². The van der Waals surface area contributed by atoms with Crippen LogP contribution in [0.1, 0.15) is 0 Å². The summed E-state index contributed by atoms with van der Waals surface area (Å²) < 4.78 is 34.8. The van der Waals surface area contributed by atoms with Crippen molar-refractivity contribution < 1.29 is 12.3 Å². The fourth-order valence-corrected chi connectivity index (χ4v) is 1.95. The smallest absolute Gasteiger partial charge is 0.189 e. The van der Waals surface area contributed by atoms with Gasteiger partial charge < -0.3 is 0 Å². The molecule has 0 aliphatic heterocycles. The van der Waals surface area contributed by atoms with Gasteiger partial charge in [-0.15, -0.1) is 9.00 Å². The fourth-order valence-electron chi connectivity index (χ4n) is 1.35. The molecule has 2 aromatic carbocycles. The highest BCUT2D eigenvalue weighted by Gasteiger charge is 2.16. The van der Waals surface area contributed by atoms with Crippen molar-refractivity contribution in [1.82, 2.24) is 0 Å². The van der Waals surface area contributed by atoms with Gasteiger partial charge in [-0.05, 0) is 24.3 Å². The van der Waals surface area contributed by atoms with Crippen molar-refractivity contribution in [2.24, 2.45) is 10.2 Å². The Labute approximate surface area is 104 Å². The Balaban J connectivity index is 2.39. The molecule has 0 aliphatic rings. The van der Waals surface area contributed by atoms with Gasteiger partial charge in [0.1, 0.15) is 10.6 Å². The summed E-state index contributed by atoms with van der Waals surface area (Å²) in [5.41, 5.74) is 0.535. The van der Waals surface area contributed by atoms with E-state index in [1.165, 1.54) is 12.1 Å². The lowest BCUT2D eigenvalue weighted by Crippen LogP contribution is -1.91. The standard InChI is InChI=1S/C12H9FN2O2S/c13-18(16,17)12-9-5-4-8-11(12)15-14-10-6-2-1-3-7-10/h1-9H. The van der Waals surface area contributed by atoms with E-state index in [1.54, 1.807) is 30.3 Å². The molecule has 92 valence electrons. The van der Waals surface area contributed by atoms with Gasteiger partial charge in [0.05, 0.1) is 5.69 Å². The molecule has 0 amide bonds. The van der Waals surface area contributed by atoms with Crippen LogP contribution in [-0.2, 0) is 10.2 Å². The summed E-state index contributed by atoms with van der Waals surface area (Å²) in [5.74, 6) is 0. The Bertz CT molecular complexity index is 669. The van der Waals surface area contributed by atoms with Gasteiger partial charge in [0.25, 0.3) is 0 Å². The van der Waals surface area contributed by atoms with Gasteiger partial charge >= 0.3 is 10.2 Å². The monoisotopic (exact) mass is 264 g/mol. The molecule has 0 spiro atoms. The highest BCUT2D eigenvalue weighted by atomic mass is 32.3. The molecule has 0 N–H and O–H groups in total. The molecule has 18 heavy (non-hydrogen) atoms. The van der Waals surface area contributed by atoms with Crippen LogP contribution in [0.2, 0.25) is 0 Å². The molecule has 6 heteroatoms. The summed E-state index contributed by atoms with van der Waals surface area (Å²) >= 11 is 0. The number of azo groups is 1. The molecule has 2 rings (SSSR count). The van der Waals surface area contributed by atoms with Gasteiger partial charge in [0.15, 0.2) is 0 Å². The topological polar surface area (TPSA) is 58.9 Å². The largest absolute Gasteiger partial charge is 0.334 e. The van der Waals surface area contributed by atoms with Gasteiger partial charge in [0, 0.05) is 0 Å². The number of hydrogen-bond acceptors (Lipinski definition) is 4. The Morgan fingerprint density at radius 2 is 1.44 bits per heavy atom. The normalized spacial score (nSPS) is 11.8. The van der Waals surface area contributed by atoms with Crippen molar-refractivity contribution >= 4 is 21.6 Å². The zero-order valence-corrected chi connectivity index (χ0v) is 10.0. The van der Waals surface area contributed by atoms with Crippen LogP contribution in [0.3, 0.4) is 0 Å². The van der Waals surface area contributed by atoms with E-state index in [9.17, 15) is 12.3 Å². The summed E-state index contributed by atoms with van der Waals surface area (Å²) in [4.78, 5) is -0.482. The lowest BCUT2D eigenvalue weighted by molar-refractivity contribution is 0.552. The van der Waals surface area contributed by atoms with E-state index >= 15 is 0 Å². The molecule has 0 unspecified atom stereocenters. The van der Waals surface area contributed by atoms with E-state index in [0.29, 0.717) is 5.69 Å². The Hall–Kier alpha value is -2.08. The van der Waals surface area contributed by atoms with Crippen molar-refractivity contribution in [3.8, 4) is 0 Å². The fraction of sp³-hybridized carbons (Fsp3) is 0. The van der Waals surface area contributed by atoms with Gasteiger partial charge in [-0.1, -0.05) is 30.3 Å². The number of halogens is 1. The summed E-state index contributed by atoms with van der Waals surface area (Å²) in [6, 6.07) is 14.3. The first-order chi connectivity index (χ1) is 8.57. The molecule has 0 aromatic heterocycles. The Morgan fingerprint density at radius 3 is 2.11 bits per heavy atom. The molecule has 4 nitrogen and oxygen atoms in total. The predicted molar refractivity (Wildman–Crippen MR) is 65.4 cm³/mol. The van der Waals surface area contributed by atoms with E-state index < -0.39 is 15.1 Å². The average molecular weight is 264 g/mol. The zero-order valence-electron chi connectivity index (χ0n) is 9.19. The molecular weight excluding hydrogens is 255 g/mol. The summed E-state index contributed by atoms with van der Waals surface area (Å²) in [6.45, 7) is 0. The van der Waals surface area contributed by atoms with Crippen LogP contribution in [0, 0.1) is 0 Å². The van der Waals surface area contributed by atoms with Gasteiger partial charge in [-0.3, -0.25) is 0 Å². The Morgan fingerprint density at radius 1 is 0.833 bits per heavy atom. The Kier molecular flexibility index (Phi) is 3.47. The van der Waals surface area contributed by atoms with Crippen molar-refractivity contribution in [2.75, 3.05) is 0 Å².